The molecule has 1 fully saturated rings. The van der Waals surface area contributed by atoms with Crippen molar-refractivity contribution >= 4 is 23.6 Å². The minimum Gasteiger partial charge on any atom is -0.353 e. The molecule has 1 atom stereocenters. The molecular weight excluding hydrogens is 200 g/mol. The van der Waals surface area contributed by atoms with Crippen LogP contribution in [0.4, 0.5) is 0 Å². The molecule has 0 aromatic heterocycles. The Labute approximate surface area is 88.4 Å². The summed E-state index contributed by atoms with van der Waals surface area (Å²) >= 11 is 1.65. The van der Waals surface area contributed by atoms with Crippen molar-refractivity contribution in [3.05, 3.63) is 0 Å². The van der Waals surface area contributed by atoms with Gasteiger partial charge in [-0.2, -0.15) is 11.8 Å². The largest absolute Gasteiger partial charge is 0.353 e. The van der Waals surface area contributed by atoms with Gasteiger partial charge in [-0.3, -0.25) is 9.59 Å². The van der Waals surface area contributed by atoms with E-state index in [1.807, 2.05) is 6.26 Å². The van der Waals surface area contributed by atoms with Crippen molar-refractivity contribution in [1.82, 2.24) is 10.2 Å². The molecule has 0 aliphatic carbocycles. The lowest BCUT2D eigenvalue weighted by atomic mass is 10.2. The highest BCUT2D eigenvalue weighted by atomic mass is 32.2. The first-order valence-electron chi connectivity index (χ1n) is 4.73. The monoisotopic (exact) mass is 216 g/mol. The summed E-state index contributed by atoms with van der Waals surface area (Å²) in [7, 11) is 0. The first-order chi connectivity index (χ1) is 6.66. The molecule has 5 heteroatoms. The number of hydrogen-bond donors (Lipinski definition) is 1. The predicted molar refractivity (Wildman–Crippen MR) is 57.2 cm³/mol. The number of thioether (sulfide) groups is 1. The van der Waals surface area contributed by atoms with Crippen LogP contribution in [0.2, 0.25) is 0 Å². The lowest BCUT2D eigenvalue weighted by molar-refractivity contribution is -0.142. The summed E-state index contributed by atoms with van der Waals surface area (Å²) in [6.45, 7) is 2.99. The number of carbonyl (C=O) groups excluding carboxylic acids is 2. The van der Waals surface area contributed by atoms with Crippen LogP contribution < -0.4 is 5.32 Å². The lowest BCUT2D eigenvalue weighted by Gasteiger charge is -2.32. The molecule has 0 radical (unpaired) electrons. The quantitative estimate of drug-likeness (QED) is 0.727. The van der Waals surface area contributed by atoms with Crippen molar-refractivity contribution in [2.45, 2.75) is 19.4 Å². The van der Waals surface area contributed by atoms with Crippen LogP contribution in [-0.4, -0.2) is 47.9 Å². The van der Waals surface area contributed by atoms with Gasteiger partial charge in [0.25, 0.3) is 0 Å². The molecule has 4 nitrogen and oxygen atoms in total. The number of piperazine rings is 1. The van der Waals surface area contributed by atoms with Crippen molar-refractivity contribution in [3.8, 4) is 0 Å². The van der Waals surface area contributed by atoms with Crippen molar-refractivity contribution in [3.63, 3.8) is 0 Å². The average Bonchev–Trinajstić information content (AvgIpc) is 2.18. The Bertz CT molecular complexity index is 233. The molecule has 0 aromatic carbocycles. The minimum absolute atomic E-state index is 0.0475. The Balaban J connectivity index is 2.49. The van der Waals surface area contributed by atoms with Gasteiger partial charge in [-0.25, -0.2) is 0 Å². The Morgan fingerprint density at radius 1 is 1.71 bits per heavy atom. The number of hydrogen-bond acceptors (Lipinski definition) is 3. The fourth-order valence-electron chi connectivity index (χ4n) is 1.46. The number of rotatable bonds is 3. The second-order valence-electron chi connectivity index (χ2n) is 3.30. The van der Waals surface area contributed by atoms with E-state index in [-0.39, 0.29) is 17.9 Å². The molecule has 1 rings (SSSR count). The van der Waals surface area contributed by atoms with Gasteiger partial charge in [0.1, 0.15) is 6.04 Å². The summed E-state index contributed by atoms with van der Waals surface area (Å²) < 4.78 is 0. The Kier molecular flexibility index (Phi) is 4.25. The van der Waals surface area contributed by atoms with Crippen LogP contribution in [0.25, 0.3) is 0 Å². The van der Waals surface area contributed by atoms with Crippen LogP contribution in [0.3, 0.4) is 0 Å². The predicted octanol–water partition coefficient (Wildman–Crippen LogP) is 0.0864. The summed E-state index contributed by atoms with van der Waals surface area (Å²) in [6.07, 6.45) is 2.50. The smallest absolute Gasteiger partial charge is 0.242 e. The summed E-state index contributed by atoms with van der Waals surface area (Å²) in [6, 6.07) is -0.307. The van der Waals surface area contributed by atoms with Crippen molar-refractivity contribution in [2.24, 2.45) is 0 Å². The van der Waals surface area contributed by atoms with E-state index in [1.54, 1.807) is 23.6 Å². The first kappa shape index (κ1) is 11.4. The van der Waals surface area contributed by atoms with Crippen molar-refractivity contribution in [1.29, 1.82) is 0 Å². The Hall–Kier alpha value is -0.710. The van der Waals surface area contributed by atoms with E-state index < -0.39 is 0 Å². The van der Waals surface area contributed by atoms with Gasteiger partial charge < -0.3 is 10.2 Å². The summed E-state index contributed by atoms with van der Waals surface area (Å²) in [5.74, 6) is 0.861. The first-order valence-corrected chi connectivity index (χ1v) is 6.12. The van der Waals surface area contributed by atoms with Crippen LogP contribution in [0, 0.1) is 0 Å². The second kappa shape index (κ2) is 5.24. The fourth-order valence-corrected chi connectivity index (χ4v) is 1.83. The molecule has 0 spiro atoms. The maximum absolute atomic E-state index is 11.6. The molecule has 0 aromatic rings. The molecule has 1 aliphatic heterocycles. The number of nitrogens with one attached hydrogen (secondary N) is 1. The molecule has 1 saturated heterocycles. The minimum atomic E-state index is -0.307. The van der Waals surface area contributed by atoms with Gasteiger partial charge >= 0.3 is 0 Å². The van der Waals surface area contributed by atoms with Crippen LogP contribution in [0.15, 0.2) is 0 Å². The standard InChI is InChI=1S/C9H16N2O2S/c1-7-9(13)10-4-5-11(7)8(12)3-6-14-2/h7H,3-6H2,1-2H3,(H,10,13). The second-order valence-corrected chi connectivity index (χ2v) is 4.28. The molecule has 80 valence electrons. The molecule has 14 heavy (non-hydrogen) atoms. The molecule has 1 unspecified atom stereocenters. The van der Waals surface area contributed by atoms with E-state index >= 15 is 0 Å². The summed E-state index contributed by atoms with van der Waals surface area (Å²) in [5, 5.41) is 2.73. The van der Waals surface area contributed by atoms with Gasteiger partial charge in [0.2, 0.25) is 11.8 Å². The van der Waals surface area contributed by atoms with Crippen molar-refractivity contribution < 1.29 is 9.59 Å². The molecule has 0 bridgehead atoms. The fraction of sp³-hybridized carbons (Fsp3) is 0.778. The van der Waals surface area contributed by atoms with E-state index in [4.69, 9.17) is 0 Å². The van der Waals surface area contributed by atoms with E-state index in [1.165, 1.54) is 0 Å². The SMILES string of the molecule is CSCCC(=O)N1CCNC(=O)C1C. The van der Waals surface area contributed by atoms with Crippen LogP contribution in [-0.2, 0) is 9.59 Å². The van der Waals surface area contributed by atoms with E-state index in [2.05, 4.69) is 5.32 Å². The summed E-state index contributed by atoms with van der Waals surface area (Å²) in [4.78, 5) is 24.6. The molecule has 1 aliphatic rings. The zero-order valence-corrected chi connectivity index (χ0v) is 9.39. The highest BCUT2D eigenvalue weighted by Gasteiger charge is 2.28. The van der Waals surface area contributed by atoms with E-state index in [0.717, 1.165) is 5.75 Å². The third-order valence-electron chi connectivity index (χ3n) is 2.34. The van der Waals surface area contributed by atoms with Crippen LogP contribution in [0.1, 0.15) is 13.3 Å². The zero-order valence-electron chi connectivity index (χ0n) is 8.58. The van der Waals surface area contributed by atoms with Crippen molar-refractivity contribution in [2.75, 3.05) is 25.1 Å². The molecule has 0 saturated carbocycles. The Morgan fingerprint density at radius 2 is 2.43 bits per heavy atom. The van der Waals surface area contributed by atoms with E-state index in [0.29, 0.717) is 19.5 Å². The zero-order chi connectivity index (χ0) is 10.6. The Morgan fingerprint density at radius 3 is 3.07 bits per heavy atom. The summed E-state index contributed by atoms with van der Waals surface area (Å²) in [5.41, 5.74) is 0. The van der Waals surface area contributed by atoms with Gasteiger partial charge in [-0.1, -0.05) is 0 Å². The van der Waals surface area contributed by atoms with Crippen LogP contribution in [0.5, 0.6) is 0 Å². The lowest BCUT2D eigenvalue weighted by Crippen LogP contribution is -2.55. The van der Waals surface area contributed by atoms with Gasteiger partial charge in [0, 0.05) is 25.3 Å². The number of carbonyl (C=O) groups is 2. The highest BCUT2D eigenvalue weighted by Crippen LogP contribution is 2.07. The van der Waals surface area contributed by atoms with Gasteiger partial charge in [-0.05, 0) is 13.2 Å². The normalized spacial score (nSPS) is 22.0. The average molecular weight is 216 g/mol. The van der Waals surface area contributed by atoms with Gasteiger partial charge in [0.15, 0.2) is 0 Å². The molecule has 1 heterocycles. The topological polar surface area (TPSA) is 49.4 Å². The molecule has 1 N–H and O–H groups in total. The van der Waals surface area contributed by atoms with E-state index in [9.17, 15) is 9.59 Å². The number of amides is 2. The highest BCUT2D eigenvalue weighted by molar-refractivity contribution is 7.98. The maximum Gasteiger partial charge on any atom is 0.242 e. The third kappa shape index (κ3) is 2.64. The molecular formula is C9H16N2O2S. The third-order valence-corrected chi connectivity index (χ3v) is 2.95. The van der Waals surface area contributed by atoms with Crippen LogP contribution >= 0.6 is 11.8 Å². The molecule has 2 amide bonds. The van der Waals surface area contributed by atoms with Gasteiger partial charge in [-0.15, -0.1) is 0 Å². The number of nitrogens with zero attached hydrogens (tertiary/aromatic N) is 1. The maximum atomic E-state index is 11.6. The van der Waals surface area contributed by atoms with Gasteiger partial charge in [0.05, 0.1) is 0 Å².